The zero-order valence-corrected chi connectivity index (χ0v) is 14.8. The molecule has 25 heavy (non-hydrogen) atoms. The molecule has 0 unspecified atom stereocenters. The van der Waals surface area contributed by atoms with Gasteiger partial charge in [0.1, 0.15) is 11.4 Å². The van der Waals surface area contributed by atoms with Crippen molar-refractivity contribution >= 4 is 35.2 Å². The van der Waals surface area contributed by atoms with Crippen LogP contribution < -0.4 is 5.32 Å². The Balaban J connectivity index is 2.06. The molecule has 2 amide bonds. The summed E-state index contributed by atoms with van der Waals surface area (Å²) >= 11 is 4.94. The highest BCUT2D eigenvalue weighted by molar-refractivity contribution is 7.80. The van der Waals surface area contributed by atoms with E-state index in [-0.39, 0.29) is 16.5 Å². The Morgan fingerprint density at radius 3 is 2.44 bits per heavy atom. The molecule has 0 saturated carbocycles. The van der Waals surface area contributed by atoms with E-state index in [2.05, 4.69) is 5.32 Å². The first-order valence-electron chi connectivity index (χ1n) is 7.59. The molecular weight excluding hydrogens is 341 g/mol. The van der Waals surface area contributed by atoms with Gasteiger partial charge in [0, 0.05) is 24.1 Å². The molecule has 1 saturated heterocycles. The minimum absolute atomic E-state index is 0.0236. The van der Waals surface area contributed by atoms with Crippen molar-refractivity contribution in [2.24, 2.45) is 0 Å². The van der Waals surface area contributed by atoms with E-state index in [9.17, 15) is 14.0 Å². The van der Waals surface area contributed by atoms with E-state index in [0.717, 1.165) is 22.6 Å². The summed E-state index contributed by atoms with van der Waals surface area (Å²) in [7, 11) is 1.51. The predicted octanol–water partition coefficient (Wildman–Crippen LogP) is 2.49. The molecule has 1 aromatic carbocycles. The minimum atomic E-state index is -0.514. The lowest BCUT2D eigenvalue weighted by molar-refractivity contribution is -0.128. The Morgan fingerprint density at radius 2 is 1.80 bits per heavy atom. The van der Waals surface area contributed by atoms with Crippen molar-refractivity contribution in [2.45, 2.75) is 13.8 Å². The number of nitrogens with zero attached hydrogens (tertiary/aromatic N) is 2. The fraction of sp³-hybridized carbons (Fsp3) is 0.167. The predicted molar refractivity (Wildman–Crippen MR) is 96.7 cm³/mol. The Labute approximate surface area is 149 Å². The van der Waals surface area contributed by atoms with E-state index < -0.39 is 11.8 Å². The minimum Gasteiger partial charge on any atom is -0.318 e. The van der Waals surface area contributed by atoms with Gasteiger partial charge in [-0.15, -0.1) is 0 Å². The van der Waals surface area contributed by atoms with E-state index in [1.54, 1.807) is 18.2 Å². The Kier molecular flexibility index (Phi) is 4.26. The molecular formula is C18H16FN3O2S. The van der Waals surface area contributed by atoms with Crippen molar-refractivity contribution in [2.75, 3.05) is 7.05 Å². The van der Waals surface area contributed by atoms with Crippen LogP contribution in [0.5, 0.6) is 0 Å². The van der Waals surface area contributed by atoms with Gasteiger partial charge in [-0.1, -0.05) is 0 Å². The number of thiocarbonyl (C=S) groups is 1. The van der Waals surface area contributed by atoms with Gasteiger partial charge in [-0.25, -0.2) is 4.39 Å². The maximum atomic E-state index is 13.2. The van der Waals surface area contributed by atoms with Crippen molar-refractivity contribution in [1.82, 2.24) is 14.8 Å². The molecule has 0 radical (unpaired) electrons. The number of nitrogens with one attached hydrogen (secondary N) is 1. The number of amides is 2. The number of hydrogen-bond acceptors (Lipinski definition) is 3. The van der Waals surface area contributed by atoms with Crippen LogP contribution in [-0.4, -0.2) is 33.4 Å². The molecule has 1 aliphatic heterocycles. The van der Waals surface area contributed by atoms with Crippen LogP contribution in [0.25, 0.3) is 11.8 Å². The van der Waals surface area contributed by atoms with Crippen LogP contribution in [0.3, 0.4) is 0 Å². The standard InChI is InChI=1S/C18H16FN3O2S/c1-10-8-12(9-15-16(23)20-18(25)21(3)17(15)24)11(2)22(10)14-6-4-13(19)5-7-14/h4-9H,1-3H3,(H,20,23,25). The first kappa shape index (κ1) is 17.0. The van der Waals surface area contributed by atoms with Gasteiger partial charge in [-0.2, -0.15) is 0 Å². The second kappa shape index (κ2) is 6.25. The van der Waals surface area contributed by atoms with Crippen LogP contribution in [0.2, 0.25) is 0 Å². The summed E-state index contributed by atoms with van der Waals surface area (Å²) in [6.45, 7) is 3.78. The second-order valence-corrected chi connectivity index (χ2v) is 6.21. The van der Waals surface area contributed by atoms with Crippen LogP contribution in [0, 0.1) is 19.7 Å². The molecule has 0 aliphatic carbocycles. The maximum Gasteiger partial charge on any atom is 0.265 e. The number of likely N-dealkylation sites (N-methyl/N-ethyl adjacent to an activating group) is 1. The van der Waals surface area contributed by atoms with Gasteiger partial charge in [-0.05, 0) is 68.0 Å². The quantitative estimate of drug-likeness (QED) is 0.510. The molecule has 1 aromatic heterocycles. The summed E-state index contributed by atoms with van der Waals surface area (Å²) in [5, 5.41) is 2.58. The third-order valence-electron chi connectivity index (χ3n) is 4.16. The number of hydrogen-bond donors (Lipinski definition) is 1. The summed E-state index contributed by atoms with van der Waals surface area (Å²) in [4.78, 5) is 25.7. The Morgan fingerprint density at radius 1 is 1.16 bits per heavy atom. The van der Waals surface area contributed by atoms with E-state index in [4.69, 9.17) is 12.2 Å². The third-order valence-corrected chi connectivity index (χ3v) is 4.54. The van der Waals surface area contributed by atoms with Crippen molar-refractivity contribution in [1.29, 1.82) is 0 Å². The number of carbonyl (C=O) groups excluding carboxylic acids is 2. The normalized spacial score (nSPS) is 16.6. The summed E-state index contributed by atoms with van der Waals surface area (Å²) in [6.07, 6.45) is 1.55. The molecule has 7 heteroatoms. The molecule has 1 aliphatic rings. The van der Waals surface area contributed by atoms with Gasteiger partial charge in [0.05, 0.1) is 0 Å². The fourth-order valence-electron chi connectivity index (χ4n) is 2.82. The number of rotatable bonds is 2. The highest BCUT2D eigenvalue weighted by Crippen LogP contribution is 2.24. The summed E-state index contributed by atoms with van der Waals surface area (Å²) in [5.41, 5.74) is 3.31. The molecule has 3 rings (SSSR count). The zero-order valence-electron chi connectivity index (χ0n) is 14.0. The van der Waals surface area contributed by atoms with Gasteiger partial charge in [0.15, 0.2) is 5.11 Å². The van der Waals surface area contributed by atoms with Crippen LogP contribution in [0.1, 0.15) is 17.0 Å². The Hall–Kier alpha value is -2.80. The zero-order chi connectivity index (χ0) is 18.3. The van der Waals surface area contributed by atoms with E-state index in [0.29, 0.717) is 0 Å². The monoisotopic (exact) mass is 357 g/mol. The van der Waals surface area contributed by atoms with Crippen LogP contribution >= 0.6 is 12.2 Å². The largest absolute Gasteiger partial charge is 0.318 e. The molecule has 0 atom stereocenters. The van der Waals surface area contributed by atoms with Crippen molar-refractivity contribution in [3.63, 3.8) is 0 Å². The summed E-state index contributed by atoms with van der Waals surface area (Å²) in [6, 6.07) is 8.01. The smallest absolute Gasteiger partial charge is 0.265 e. The number of carbonyl (C=O) groups is 2. The molecule has 0 bridgehead atoms. The molecule has 0 spiro atoms. The van der Waals surface area contributed by atoms with Crippen LogP contribution in [-0.2, 0) is 9.59 Å². The third kappa shape index (κ3) is 2.98. The van der Waals surface area contributed by atoms with Gasteiger partial charge >= 0.3 is 0 Å². The average molecular weight is 357 g/mol. The molecule has 2 heterocycles. The number of aryl methyl sites for hydroxylation is 1. The summed E-state index contributed by atoms with van der Waals surface area (Å²) in [5.74, 6) is -1.27. The van der Waals surface area contributed by atoms with Gasteiger partial charge in [0.2, 0.25) is 0 Å². The van der Waals surface area contributed by atoms with Crippen molar-refractivity contribution in [3.8, 4) is 5.69 Å². The first-order valence-corrected chi connectivity index (χ1v) is 8.00. The Bertz CT molecular complexity index is 929. The van der Waals surface area contributed by atoms with E-state index in [1.165, 1.54) is 24.1 Å². The lowest BCUT2D eigenvalue weighted by Crippen LogP contribution is -2.52. The first-order chi connectivity index (χ1) is 11.8. The van der Waals surface area contributed by atoms with Gasteiger partial charge in [-0.3, -0.25) is 19.8 Å². The second-order valence-electron chi connectivity index (χ2n) is 5.82. The van der Waals surface area contributed by atoms with E-state index in [1.807, 2.05) is 24.5 Å². The highest BCUT2D eigenvalue weighted by Gasteiger charge is 2.31. The van der Waals surface area contributed by atoms with Crippen molar-refractivity contribution in [3.05, 3.63) is 58.7 Å². The van der Waals surface area contributed by atoms with E-state index >= 15 is 0 Å². The summed E-state index contributed by atoms with van der Waals surface area (Å²) < 4.78 is 15.1. The number of aromatic nitrogens is 1. The van der Waals surface area contributed by atoms with Crippen LogP contribution in [0.4, 0.5) is 4.39 Å². The molecule has 128 valence electrons. The SMILES string of the molecule is Cc1cc(C=C2C(=O)NC(=S)N(C)C2=O)c(C)n1-c1ccc(F)cc1. The lowest BCUT2D eigenvalue weighted by atomic mass is 10.1. The van der Waals surface area contributed by atoms with Crippen molar-refractivity contribution < 1.29 is 14.0 Å². The fourth-order valence-corrected chi connectivity index (χ4v) is 3.00. The van der Waals surface area contributed by atoms with Crippen LogP contribution in [0.15, 0.2) is 35.9 Å². The topological polar surface area (TPSA) is 54.3 Å². The molecule has 1 N–H and O–H groups in total. The van der Waals surface area contributed by atoms with Gasteiger partial charge in [0.25, 0.3) is 11.8 Å². The average Bonchev–Trinajstić information content (AvgIpc) is 2.84. The molecule has 1 fully saturated rings. The molecule has 5 nitrogen and oxygen atoms in total. The lowest BCUT2D eigenvalue weighted by Gasteiger charge is -2.25. The maximum absolute atomic E-state index is 13.2. The highest BCUT2D eigenvalue weighted by atomic mass is 32.1. The number of halogens is 1. The number of benzene rings is 1. The molecule has 2 aromatic rings. The van der Waals surface area contributed by atoms with Gasteiger partial charge < -0.3 is 4.57 Å².